The minimum atomic E-state index is -3.62. The molecule has 3 rings (SSSR count). The molecule has 10 heteroatoms. The lowest BCUT2D eigenvalue weighted by Gasteiger charge is -2.32. The summed E-state index contributed by atoms with van der Waals surface area (Å²) in [6.07, 6.45) is 1.49. The molecule has 0 fully saturated rings. The quantitative estimate of drug-likeness (QED) is 0.489. The highest BCUT2D eigenvalue weighted by Crippen LogP contribution is 2.34. The van der Waals surface area contributed by atoms with Gasteiger partial charge in [0.25, 0.3) is 0 Å². The first-order valence-electron chi connectivity index (χ1n) is 12.8. The highest BCUT2D eigenvalue weighted by atomic mass is 32.2. The Morgan fingerprint density at radius 2 is 1.71 bits per heavy atom. The molecule has 0 radical (unpaired) electrons. The maximum Gasteiger partial charge on any atom is 0.242 e. The molecule has 2 aromatic carbocycles. The van der Waals surface area contributed by atoms with Crippen LogP contribution in [-0.4, -0.2) is 62.7 Å². The molecule has 9 nitrogen and oxygen atoms in total. The number of benzene rings is 2. The monoisotopic (exact) mass is 545 g/mol. The van der Waals surface area contributed by atoms with Crippen LogP contribution in [0, 0.1) is 6.92 Å². The molecule has 1 N–H and O–H groups in total. The number of carbonyl (C=O) groups is 2. The summed E-state index contributed by atoms with van der Waals surface area (Å²) in [6.45, 7) is 10.6. The first-order valence-corrected chi connectivity index (χ1v) is 14.6. The second-order valence-electron chi connectivity index (χ2n) is 10.6. The van der Waals surface area contributed by atoms with Gasteiger partial charge in [0.1, 0.15) is 19.3 Å². The van der Waals surface area contributed by atoms with Gasteiger partial charge >= 0.3 is 0 Å². The second-order valence-corrected chi connectivity index (χ2v) is 12.5. The van der Waals surface area contributed by atoms with Crippen LogP contribution in [0.15, 0.2) is 42.5 Å². The molecule has 208 valence electrons. The topological polar surface area (TPSA) is 105 Å². The zero-order valence-corrected chi connectivity index (χ0v) is 23.9. The van der Waals surface area contributed by atoms with Gasteiger partial charge in [0, 0.05) is 31.1 Å². The number of sulfonamides is 1. The zero-order chi connectivity index (χ0) is 28.1. The van der Waals surface area contributed by atoms with Crippen molar-refractivity contribution in [3.63, 3.8) is 0 Å². The Morgan fingerprint density at radius 3 is 2.34 bits per heavy atom. The summed E-state index contributed by atoms with van der Waals surface area (Å²) in [5.74, 6) is 0.591. The first-order chi connectivity index (χ1) is 17.8. The number of fused-ring (bicyclic) bond motifs is 1. The lowest BCUT2D eigenvalue weighted by Crippen LogP contribution is -2.52. The second kappa shape index (κ2) is 12.1. The van der Waals surface area contributed by atoms with Crippen LogP contribution < -0.4 is 19.1 Å². The molecular weight excluding hydrogens is 506 g/mol. The summed E-state index contributed by atoms with van der Waals surface area (Å²) >= 11 is 0. The van der Waals surface area contributed by atoms with E-state index in [1.165, 1.54) is 4.31 Å². The molecular formula is C28H39N3O6S. The third-order valence-electron chi connectivity index (χ3n) is 6.23. The highest BCUT2D eigenvalue weighted by Gasteiger charge is 2.29. The minimum Gasteiger partial charge on any atom is -0.486 e. The Balaban J connectivity index is 1.76. The lowest BCUT2D eigenvalue weighted by molar-refractivity contribution is -0.141. The van der Waals surface area contributed by atoms with Crippen molar-refractivity contribution < 1.29 is 27.5 Å². The normalized spacial score (nSPS) is 13.9. The zero-order valence-electron chi connectivity index (χ0n) is 23.1. The Kier molecular flexibility index (Phi) is 9.30. The number of anilines is 1. The molecule has 1 heterocycles. The van der Waals surface area contributed by atoms with Crippen LogP contribution in [0.3, 0.4) is 0 Å². The van der Waals surface area contributed by atoms with Gasteiger partial charge in [-0.15, -0.1) is 0 Å². The van der Waals surface area contributed by atoms with Gasteiger partial charge in [-0.1, -0.05) is 24.3 Å². The molecule has 1 unspecified atom stereocenters. The van der Waals surface area contributed by atoms with Gasteiger partial charge in [-0.05, 0) is 64.3 Å². The van der Waals surface area contributed by atoms with E-state index in [-0.39, 0.29) is 37.7 Å². The van der Waals surface area contributed by atoms with Crippen LogP contribution in [0.4, 0.5) is 5.69 Å². The number of rotatable bonds is 10. The van der Waals surface area contributed by atoms with Gasteiger partial charge in [0.05, 0.1) is 11.9 Å². The Hall–Kier alpha value is -3.27. The Labute approximate surface area is 226 Å². The predicted octanol–water partition coefficient (Wildman–Crippen LogP) is 3.64. The highest BCUT2D eigenvalue weighted by molar-refractivity contribution is 7.92. The lowest BCUT2D eigenvalue weighted by atomic mass is 10.1. The molecule has 1 atom stereocenters. The molecule has 38 heavy (non-hydrogen) atoms. The molecule has 0 aromatic heterocycles. The van der Waals surface area contributed by atoms with Crippen molar-refractivity contribution in [2.45, 2.75) is 65.6 Å². The number of ether oxygens (including phenoxy) is 2. The van der Waals surface area contributed by atoms with Crippen LogP contribution in [0.25, 0.3) is 0 Å². The number of carbonyl (C=O) groups excluding carboxylic acids is 2. The fourth-order valence-corrected chi connectivity index (χ4v) is 5.18. The number of hydrogen-bond acceptors (Lipinski definition) is 6. The number of nitrogens with one attached hydrogen (secondary N) is 1. The molecule has 0 aliphatic carbocycles. The number of amides is 2. The molecule has 0 saturated carbocycles. The van der Waals surface area contributed by atoms with Gasteiger partial charge in [-0.3, -0.25) is 13.9 Å². The number of aryl methyl sites for hydroxylation is 1. The summed E-state index contributed by atoms with van der Waals surface area (Å²) in [4.78, 5) is 28.0. The molecule has 0 bridgehead atoms. The van der Waals surface area contributed by atoms with E-state index in [2.05, 4.69) is 5.32 Å². The number of hydrogen-bond donors (Lipinski definition) is 1. The largest absolute Gasteiger partial charge is 0.486 e. The fourth-order valence-electron chi connectivity index (χ4n) is 4.22. The van der Waals surface area contributed by atoms with Crippen molar-refractivity contribution >= 4 is 27.5 Å². The van der Waals surface area contributed by atoms with E-state index in [1.807, 2.05) is 52.0 Å². The van der Waals surface area contributed by atoms with E-state index in [0.29, 0.717) is 30.4 Å². The van der Waals surface area contributed by atoms with Crippen molar-refractivity contribution in [3.05, 3.63) is 53.6 Å². The molecule has 0 spiro atoms. The van der Waals surface area contributed by atoms with Crippen molar-refractivity contribution in [2.24, 2.45) is 0 Å². The van der Waals surface area contributed by atoms with Crippen molar-refractivity contribution in [3.8, 4) is 11.5 Å². The Morgan fingerprint density at radius 1 is 1.05 bits per heavy atom. The van der Waals surface area contributed by atoms with Crippen LogP contribution in [0.1, 0.15) is 51.7 Å². The van der Waals surface area contributed by atoms with Crippen LogP contribution >= 0.6 is 0 Å². The molecule has 2 amide bonds. The van der Waals surface area contributed by atoms with Crippen LogP contribution in [0.2, 0.25) is 0 Å². The van der Waals surface area contributed by atoms with E-state index >= 15 is 0 Å². The van der Waals surface area contributed by atoms with E-state index in [1.54, 1.807) is 30.0 Å². The predicted molar refractivity (Wildman–Crippen MR) is 148 cm³/mol. The van der Waals surface area contributed by atoms with Crippen LogP contribution in [0.5, 0.6) is 11.5 Å². The summed E-state index contributed by atoms with van der Waals surface area (Å²) in [5, 5.41) is 2.95. The van der Waals surface area contributed by atoms with E-state index in [4.69, 9.17) is 9.47 Å². The van der Waals surface area contributed by atoms with Gasteiger partial charge in [0.2, 0.25) is 21.8 Å². The summed E-state index contributed by atoms with van der Waals surface area (Å²) in [7, 11) is -3.62. The molecule has 2 aromatic rings. The summed E-state index contributed by atoms with van der Waals surface area (Å²) < 4.78 is 37.7. The first kappa shape index (κ1) is 29.3. The maximum absolute atomic E-state index is 13.5. The number of nitrogens with zero attached hydrogens (tertiary/aromatic N) is 2. The van der Waals surface area contributed by atoms with E-state index < -0.39 is 21.6 Å². The molecule has 1 aliphatic heterocycles. The van der Waals surface area contributed by atoms with Crippen molar-refractivity contribution in [1.82, 2.24) is 10.2 Å². The SMILES string of the molecule is Cc1ccccc1CN(C(=O)CCCN(c1ccc2c(c1)OCCO2)S(C)(=O)=O)C(C)C(=O)NC(C)(C)C. The van der Waals surface area contributed by atoms with Crippen LogP contribution in [-0.2, 0) is 26.2 Å². The van der Waals surface area contributed by atoms with Gasteiger partial charge in [-0.25, -0.2) is 8.42 Å². The standard InChI is InChI=1S/C28H39N3O6S/c1-20-10-7-8-11-22(20)19-30(21(2)27(33)29-28(3,4)5)26(32)12-9-15-31(38(6,34)35)23-13-14-24-25(18-23)37-17-16-36-24/h7-8,10-11,13-14,18,21H,9,12,15-17,19H2,1-6H3,(H,29,33). The van der Waals surface area contributed by atoms with Crippen molar-refractivity contribution in [1.29, 1.82) is 0 Å². The minimum absolute atomic E-state index is 0.0790. The Bertz CT molecular complexity index is 1260. The van der Waals surface area contributed by atoms with Gasteiger partial charge < -0.3 is 19.7 Å². The van der Waals surface area contributed by atoms with Crippen molar-refractivity contribution in [2.75, 3.05) is 30.3 Å². The molecule has 0 saturated heterocycles. The summed E-state index contributed by atoms with van der Waals surface area (Å²) in [6, 6.07) is 12.0. The van der Waals surface area contributed by atoms with E-state index in [0.717, 1.165) is 17.4 Å². The third-order valence-corrected chi connectivity index (χ3v) is 7.43. The molecule has 1 aliphatic rings. The smallest absolute Gasteiger partial charge is 0.242 e. The van der Waals surface area contributed by atoms with Gasteiger partial charge in [-0.2, -0.15) is 0 Å². The third kappa shape index (κ3) is 7.86. The average molecular weight is 546 g/mol. The summed E-state index contributed by atoms with van der Waals surface area (Å²) in [5.41, 5.74) is 1.97. The van der Waals surface area contributed by atoms with E-state index in [9.17, 15) is 18.0 Å². The average Bonchev–Trinajstić information content (AvgIpc) is 2.83. The van der Waals surface area contributed by atoms with Gasteiger partial charge in [0.15, 0.2) is 11.5 Å². The maximum atomic E-state index is 13.5. The fraction of sp³-hybridized carbons (Fsp3) is 0.500.